The van der Waals surface area contributed by atoms with Crippen molar-refractivity contribution in [3.63, 3.8) is 0 Å². The number of ketones is 1. The highest BCUT2D eigenvalue weighted by atomic mass is 31.3. The van der Waals surface area contributed by atoms with Crippen LogP contribution in [-0.2, 0) is 84.6 Å². The number of rotatable bonds is 34. The number of hydrogen-bond acceptors (Lipinski definition) is 24. The topological polar surface area (TPSA) is 561 Å². The minimum atomic E-state index is -5.97. The lowest BCUT2D eigenvalue weighted by molar-refractivity contribution is -0.261. The van der Waals surface area contributed by atoms with Gasteiger partial charge in [0.1, 0.15) is 84.8 Å². The van der Waals surface area contributed by atoms with Crippen molar-refractivity contribution in [2.75, 3.05) is 19.8 Å². The van der Waals surface area contributed by atoms with Crippen molar-refractivity contribution in [2.45, 2.75) is 178 Å². The smallest absolute Gasteiger partial charge is 0.480 e. The van der Waals surface area contributed by atoms with Crippen LogP contribution in [0.5, 0.6) is 0 Å². The molecule has 1 aromatic heterocycles. The van der Waals surface area contributed by atoms with Gasteiger partial charge in [0.05, 0.1) is 13.2 Å². The summed E-state index contributed by atoms with van der Waals surface area (Å²) in [5.74, 6) is -9.57. The first-order chi connectivity index (χ1) is 39.1. The van der Waals surface area contributed by atoms with Crippen LogP contribution < -0.4 is 48.5 Å². The highest BCUT2D eigenvalue weighted by Crippen LogP contribution is 2.61. The summed E-state index contributed by atoms with van der Waals surface area (Å²) in [5, 5.41) is 77.3. The molecule has 1 aromatic rings. The second kappa shape index (κ2) is 32.7. The molecule has 37 nitrogen and oxygen atoms in total. The number of aromatic nitrogens is 2. The molecule has 84 heavy (non-hydrogen) atoms. The van der Waals surface area contributed by atoms with E-state index in [1.165, 1.54) is 20.8 Å². The maximum atomic E-state index is 13.4. The van der Waals surface area contributed by atoms with E-state index in [4.69, 9.17) is 23.8 Å². The predicted molar refractivity (Wildman–Crippen MR) is 277 cm³/mol. The van der Waals surface area contributed by atoms with Gasteiger partial charge in [0, 0.05) is 45.0 Å². The van der Waals surface area contributed by atoms with E-state index in [-0.39, 0.29) is 44.4 Å². The molecule has 474 valence electrons. The molecule has 2 unspecified atom stereocenters. The molecule has 16 N–H and O–H groups in total. The summed E-state index contributed by atoms with van der Waals surface area (Å²) in [6.07, 6.45) is -17.1. The number of aromatic amines is 1. The third kappa shape index (κ3) is 22.9. The van der Waals surface area contributed by atoms with Crippen LogP contribution in [0, 0.1) is 0 Å². The van der Waals surface area contributed by atoms with Gasteiger partial charge in [-0.2, -0.15) is 4.31 Å². The fourth-order valence-corrected chi connectivity index (χ4v) is 9.99. The normalized spacial score (nSPS) is 24.8. The van der Waals surface area contributed by atoms with Crippen LogP contribution in [0.3, 0.4) is 0 Å². The fourth-order valence-electron chi connectivity index (χ4n) is 7.82. The van der Waals surface area contributed by atoms with Crippen LogP contribution >= 0.6 is 15.6 Å². The maximum Gasteiger partial charge on any atom is 0.483 e. The molecule has 39 heteroatoms. The second-order valence-electron chi connectivity index (χ2n) is 19.3. The van der Waals surface area contributed by atoms with Crippen molar-refractivity contribution >= 4 is 74.7 Å². The lowest BCUT2D eigenvalue weighted by Gasteiger charge is -2.44. The number of carboxylic acids is 2. The van der Waals surface area contributed by atoms with Gasteiger partial charge in [-0.15, -0.1) is 0 Å². The predicted octanol–water partition coefficient (Wildman–Crippen LogP) is -6.15. The molecule has 0 aromatic carbocycles. The quantitative estimate of drug-likeness (QED) is 0.0226. The first-order valence-electron chi connectivity index (χ1n) is 25.7. The van der Waals surface area contributed by atoms with Gasteiger partial charge in [-0.05, 0) is 60.3 Å². The van der Waals surface area contributed by atoms with E-state index in [1.807, 2.05) is 4.98 Å². The number of phosphoric ester groups is 2. The van der Waals surface area contributed by atoms with E-state index >= 15 is 0 Å². The highest BCUT2D eigenvalue weighted by Gasteiger charge is 2.52. The minimum Gasteiger partial charge on any atom is -0.480 e. The number of H-pyrrole nitrogens is 1. The van der Waals surface area contributed by atoms with Gasteiger partial charge < -0.3 is 96.6 Å². The number of amides is 7. The number of ether oxygens (including phenoxy) is 3. The Morgan fingerprint density at radius 2 is 1.32 bits per heavy atom. The first kappa shape index (κ1) is 71.8. The summed E-state index contributed by atoms with van der Waals surface area (Å²) < 4.78 is 57.2. The molecule has 0 bridgehead atoms. The fraction of sp³-hybridized carbons (Fsp3) is 0.689. The number of aliphatic carboxylic acids is 2. The maximum absolute atomic E-state index is 13.4. The van der Waals surface area contributed by atoms with E-state index in [0.717, 1.165) is 33.0 Å². The van der Waals surface area contributed by atoms with Crippen LogP contribution in [0.25, 0.3) is 0 Å². The second-order valence-corrected chi connectivity index (χ2v) is 22.3. The molecule has 2 fully saturated rings. The minimum absolute atomic E-state index is 0.0263. The van der Waals surface area contributed by atoms with Gasteiger partial charge in [-0.25, -0.2) is 18.7 Å². The van der Waals surface area contributed by atoms with Gasteiger partial charge in [-0.1, -0.05) is 0 Å². The average Bonchev–Trinajstić information content (AvgIpc) is 3.19. The molecule has 0 radical (unpaired) electrons. The summed E-state index contributed by atoms with van der Waals surface area (Å²) >= 11 is 0. The molecular weight excluding hydrogens is 1180 g/mol. The summed E-state index contributed by atoms with van der Waals surface area (Å²) in [7, 11) is -11.8. The molecule has 2 saturated heterocycles. The Bertz CT molecular complexity index is 2750. The molecule has 0 spiro atoms. The Hall–Kier alpha value is -6.44. The van der Waals surface area contributed by atoms with Crippen molar-refractivity contribution in [3.05, 3.63) is 33.1 Å². The summed E-state index contributed by atoms with van der Waals surface area (Å²) in [4.78, 5) is 171. The standard InChI is InChI=1S/C45H71N9O28P2/c1-19(56)10-12-29(58)46-15-8-7-9-25(40(67)48-20(2)37(64)49-22(4)42(68)69)51-30(59)13-11-26(43(70)71)52-38(65)21(3)47-39(66)23(5)78-36-32(50-24(6)57)44(80-27(17-55)34(36)62)81-84(75,76)82-83(73,74)77-18-28-33(61)35(63)41(79-28)54-16-14-31(60)53-45(54)72/h14,16,20-23,25-28,32-36,41,44,55,61-63H,7-13,15,17-18H2,1-6H3,(H,46,58)(H,47,66)(H,48,67)(H,49,64)(H,50,57)(H,51,59)(H,52,65)(H,68,69)(H,70,71)(H,73,74)(H,75,76)(H,53,60,72)/t20-,21+,22-,23-,25+,26-,27-,28-,32-,33-,34-,35-,36-,41-,44-/m1/s1. The molecule has 2 aliphatic rings. The van der Waals surface area contributed by atoms with E-state index in [9.17, 15) is 102 Å². The zero-order valence-corrected chi connectivity index (χ0v) is 47.8. The molecule has 7 amide bonds. The largest absolute Gasteiger partial charge is 0.483 e. The number of aliphatic hydroxyl groups is 4. The average molecular weight is 1250 g/mol. The molecule has 0 aliphatic carbocycles. The Labute approximate surface area is 476 Å². The number of phosphoric acid groups is 2. The molecule has 17 atom stereocenters. The molecule has 3 rings (SSSR count). The van der Waals surface area contributed by atoms with E-state index in [2.05, 4.69) is 46.1 Å². The van der Waals surface area contributed by atoms with E-state index in [1.54, 1.807) is 0 Å². The Kier molecular flexibility index (Phi) is 28.0. The van der Waals surface area contributed by atoms with Crippen LogP contribution in [0.1, 0.15) is 92.7 Å². The van der Waals surface area contributed by atoms with Gasteiger partial charge in [-0.3, -0.25) is 61.7 Å². The van der Waals surface area contributed by atoms with Crippen molar-refractivity contribution in [3.8, 4) is 0 Å². The number of carbonyl (C=O) groups is 10. The lowest BCUT2D eigenvalue weighted by Crippen LogP contribution is -2.66. The molecule has 0 saturated carbocycles. The molecular formula is C45H71N9O28P2. The van der Waals surface area contributed by atoms with Crippen molar-refractivity contribution in [1.29, 1.82) is 0 Å². The van der Waals surface area contributed by atoms with Crippen LogP contribution in [-0.4, -0.2) is 214 Å². The van der Waals surface area contributed by atoms with Gasteiger partial charge in [0.15, 0.2) is 12.5 Å². The van der Waals surface area contributed by atoms with Crippen molar-refractivity contribution in [1.82, 2.24) is 46.8 Å². The number of Topliss-reactive ketones (excluding diaryl/α,β-unsaturated/α-hetero) is 1. The molecule has 2 aliphatic heterocycles. The summed E-state index contributed by atoms with van der Waals surface area (Å²) in [6.45, 7) is 4.62. The SMILES string of the molecule is CC(=O)CCC(=O)NCCCC[C@H](NC(=O)CC[C@@H](NC(=O)[C@H](C)NC(=O)[C@@H](C)O[C@H]1[C@H](O)[C@@H](CO)O[C@H](OP(=O)(O)OP(=O)(O)OC[C@H]2O[C@@H](n3ccc(=O)[nH]c3=O)[C@H](O)[C@@H]2O)[C@@H]1NC(C)=O)C(=O)O)C(=O)N[C@H](C)C(=O)N[C@H](C)C(=O)O. The first-order valence-corrected chi connectivity index (χ1v) is 28.7. The number of nitrogens with zero attached hydrogens (tertiary/aromatic N) is 1. The summed E-state index contributed by atoms with van der Waals surface area (Å²) in [5.41, 5.74) is -1.89. The third-order valence-corrected chi connectivity index (χ3v) is 15.0. The number of unbranched alkanes of at least 4 members (excludes halogenated alkanes) is 1. The van der Waals surface area contributed by atoms with E-state index < -0.39 is 198 Å². The van der Waals surface area contributed by atoms with Gasteiger partial charge in [0.2, 0.25) is 41.4 Å². The number of carboxylic acid groups (broad SMARTS) is 2. The van der Waals surface area contributed by atoms with Crippen LogP contribution in [0.4, 0.5) is 0 Å². The highest BCUT2D eigenvalue weighted by molar-refractivity contribution is 7.61. The zero-order valence-electron chi connectivity index (χ0n) is 46.0. The number of carbonyl (C=O) groups excluding carboxylic acids is 8. The van der Waals surface area contributed by atoms with E-state index in [0.29, 0.717) is 4.57 Å². The van der Waals surface area contributed by atoms with Gasteiger partial charge in [0.25, 0.3) is 5.56 Å². The van der Waals surface area contributed by atoms with Crippen LogP contribution in [0.2, 0.25) is 0 Å². The Morgan fingerprint density at radius 1 is 0.702 bits per heavy atom. The number of aliphatic hydroxyl groups excluding tert-OH is 4. The monoisotopic (exact) mass is 1250 g/mol. The number of nitrogens with one attached hydrogen (secondary N) is 8. The van der Waals surface area contributed by atoms with Crippen molar-refractivity contribution < 1.29 is 125 Å². The van der Waals surface area contributed by atoms with Gasteiger partial charge >= 0.3 is 33.3 Å². The van der Waals surface area contributed by atoms with Crippen molar-refractivity contribution in [2.24, 2.45) is 0 Å². The van der Waals surface area contributed by atoms with Crippen LogP contribution in [0.15, 0.2) is 21.9 Å². The molecule has 3 heterocycles. The lowest BCUT2D eigenvalue weighted by atomic mass is 9.96. The summed E-state index contributed by atoms with van der Waals surface area (Å²) in [6, 6.07) is -8.47. The third-order valence-electron chi connectivity index (χ3n) is 12.4. The Balaban J connectivity index is 1.66. The zero-order chi connectivity index (χ0) is 63.6. The number of hydrogen-bond donors (Lipinski definition) is 16. The Morgan fingerprint density at radius 3 is 1.90 bits per heavy atom.